The number of oxime groups is 1. The molecule has 0 saturated heterocycles. The molecule has 0 amide bonds. The highest BCUT2D eigenvalue weighted by Crippen LogP contribution is 2.29. The van der Waals surface area contributed by atoms with Crippen LogP contribution in [0.4, 0.5) is 0 Å². The minimum atomic E-state index is 0.0160. The number of benzene rings is 2. The minimum absolute atomic E-state index is 0.0160. The molecule has 1 aliphatic rings. The predicted molar refractivity (Wildman–Crippen MR) is 98.7 cm³/mol. The standard InChI is InChI=1S/C19H21ClN2O3/c1-23-18-7-6-14(9-19(18)24-2)17-10-16(25-22-17)12-21-11-13-4-3-5-15(20)8-13/h3-9,16,21H,10-12H2,1-2H3/t16-/m0/s1. The number of hydrogen-bond acceptors (Lipinski definition) is 5. The molecule has 2 aromatic carbocycles. The van der Waals surface area contributed by atoms with Crippen LogP contribution in [0.15, 0.2) is 47.6 Å². The summed E-state index contributed by atoms with van der Waals surface area (Å²) in [5, 5.41) is 8.35. The quantitative estimate of drug-likeness (QED) is 0.819. The number of nitrogens with zero attached hydrogens (tertiary/aromatic N) is 1. The van der Waals surface area contributed by atoms with Gasteiger partial charge in [0.2, 0.25) is 0 Å². The summed E-state index contributed by atoms with van der Waals surface area (Å²) in [6, 6.07) is 13.6. The molecule has 5 nitrogen and oxygen atoms in total. The van der Waals surface area contributed by atoms with Crippen LogP contribution in [0.3, 0.4) is 0 Å². The number of rotatable bonds is 7. The lowest BCUT2D eigenvalue weighted by Gasteiger charge is -2.10. The first kappa shape index (κ1) is 17.6. The largest absolute Gasteiger partial charge is 0.493 e. The molecular formula is C19H21ClN2O3. The van der Waals surface area contributed by atoms with E-state index in [0.717, 1.165) is 34.8 Å². The number of hydrogen-bond donors (Lipinski definition) is 1. The minimum Gasteiger partial charge on any atom is -0.493 e. The van der Waals surface area contributed by atoms with Gasteiger partial charge < -0.3 is 19.6 Å². The third-order valence-corrected chi connectivity index (χ3v) is 4.28. The third kappa shape index (κ3) is 4.44. The molecule has 1 aliphatic heterocycles. The lowest BCUT2D eigenvalue weighted by Crippen LogP contribution is -2.26. The summed E-state index contributed by atoms with van der Waals surface area (Å²) in [6.45, 7) is 1.46. The van der Waals surface area contributed by atoms with Crippen LogP contribution < -0.4 is 14.8 Å². The molecule has 25 heavy (non-hydrogen) atoms. The highest BCUT2D eigenvalue weighted by atomic mass is 35.5. The molecule has 0 bridgehead atoms. The molecule has 0 saturated carbocycles. The van der Waals surface area contributed by atoms with Gasteiger partial charge in [-0.25, -0.2) is 0 Å². The molecule has 6 heteroatoms. The maximum absolute atomic E-state index is 5.99. The molecule has 0 aromatic heterocycles. The Labute approximate surface area is 152 Å². The van der Waals surface area contributed by atoms with E-state index >= 15 is 0 Å². The van der Waals surface area contributed by atoms with Gasteiger partial charge in [-0.1, -0.05) is 28.9 Å². The fourth-order valence-corrected chi connectivity index (χ4v) is 2.96. The molecule has 0 unspecified atom stereocenters. The van der Waals surface area contributed by atoms with Crippen molar-refractivity contribution < 1.29 is 14.3 Å². The van der Waals surface area contributed by atoms with Crippen LogP contribution in [0.1, 0.15) is 17.5 Å². The summed E-state index contributed by atoms with van der Waals surface area (Å²) in [4.78, 5) is 5.54. The first-order chi connectivity index (χ1) is 12.2. The third-order valence-electron chi connectivity index (χ3n) is 4.04. The second kappa shape index (κ2) is 8.23. The van der Waals surface area contributed by atoms with Crippen molar-refractivity contribution in [1.29, 1.82) is 0 Å². The smallest absolute Gasteiger partial charge is 0.161 e. The van der Waals surface area contributed by atoms with Crippen molar-refractivity contribution in [3.05, 3.63) is 58.6 Å². The maximum atomic E-state index is 5.99. The van der Waals surface area contributed by atoms with Gasteiger partial charge in [0.15, 0.2) is 11.5 Å². The second-order valence-corrected chi connectivity index (χ2v) is 6.24. The Kier molecular flexibility index (Phi) is 5.79. The van der Waals surface area contributed by atoms with E-state index in [2.05, 4.69) is 10.5 Å². The monoisotopic (exact) mass is 360 g/mol. The van der Waals surface area contributed by atoms with E-state index in [-0.39, 0.29) is 6.10 Å². The number of methoxy groups -OCH3 is 2. The van der Waals surface area contributed by atoms with Crippen molar-refractivity contribution in [2.45, 2.75) is 19.1 Å². The summed E-state index contributed by atoms with van der Waals surface area (Å²) in [5.74, 6) is 1.38. The van der Waals surface area contributed by atoms with Crippen LogP contribution in [-0.4, -0.2) is 32.6 Å². The fourth-order valence-electron chi connectivity index (χ4n) is 2.75. The molecule has 2 aromatic rings. The van der Waals surface area contributed by atoms with E-state index in [1.54, 1.807) is 14.2 Å². The number of ether oxygens (including phenoxy) is 2. The molecular weight excluding hydrogens is 340 g/mol. The molecule has 1 heterocycles. The van der Waals surface area contributed by atoms with Crippen LogP contribution in [-0.2, 0) is 11.4 Å². The van der Waals surface area contributed by atoms with Crippen molar-refractivity contribution >= 4 is 17.3 Å². The SMILES string of the molecule is COc1ccc(C2=NO[C@H](CNCc3cccc(Cl)c3)C2)cc1OC. The Hall–Kier alpha value is -2.24. The van der Waals surface area contributed by atoms with Crippen molar-refractivity contribution in [1.82, 2.24) is 5.32 Å². The Morgan fingerprint density at radius 1 is 1.16 bits per heavy atom. The van der Waals surface area contributed by atoms with Gasteiger partial charge in [-0.15, -0.1) is 0 Å². The van der Waals surface area contributed by atoms with Gasteiger partial charge in [-0.05, 0) is 35.9 Å². The predicted octanol–water partition coefficient (Wildman–Crippen LogP) is 3.64. The summed E-state index contributed by atoms with van der Waals surface area (Å²) < 4.78 is 10.6. The van der Waals surface area contributed by atoms with Crippen LogP contribution >= 0.6 is 11.6 Å². The molecule has 0 radical (unpaired) electrons. The summed E-state index contributed by atoms with van der Waals surface area (Å²) in [6.07, 6.45) is 0.764. The van der Waals surface area contributed by atoms with E-state index in [1.807, 2.05) is 42.5 Å². The lowest BCUT2D eigenvalue weighted by molar-refractivity contribution is 0.0848. The zero-order chi connectivity index (χ0) is 17.6. The van der Waals surface area contributed by atoms with Crippen molar-refractivity contribution in [2.24, 2.45) is 5.16 Å². The van der Waals surface area contributed by atoms with Gasteiger partial charge in [0, 0.05) is 30.1 Å². The second-order valence-electron chi connectivity index (χ2n) is 5.80. The highest BCUT2D eigenvalue weighted by Gasteiger charge is 2.22. The average molecular weight is 361 g/mol. The molecule has 0 fully saturated rings. The Bertz CT molecular complexity index is 764. The van der Waals surface area contributed by atoms with Gasteiger partial charge in [-0.2, -0.15) is 0 Å². The summed E-state index contributed by atoms with van der Waals surface area (Å²) in [7, 11) is 3.24. The van der Waals surface area contributed by atoms with Crippen LogP contribution in [0.5, 0.6) is 11.5 Å². The van der Waals surface area contributed by atoms with Gasteiger partial charge in [-0.3, -0.25) is 0 Å². The normalized spacial score (nSPS) is 16.3. The van der Waals surface area contributed by atoms with E-state index in [4.69, 9.17) is 25.9 Å². The van der Waals surface area contributed by atoms with E-state index < -0.39 is 0 Å². The van der Waals surface area contributed by atoms with Gasteiger partial charge in [0.05, 0.1) is 19.9 Å². The summed E-state index contributed by atoms with van der Waals surface area (Å²) in [5.41, 5.74) is 3.04. The topological polar surface area (TPSA) is 52.1 Å². The first-order valence-electron chi connectivity index (χ1n) is 8.10. The van der Waals surface area contributed by atoms with Crippen LogP contribution in [0.25, 0.3) is 0 Å². The van der Waals surface area contributed by atoms with Gasteiger partial charge >= 0.3 is 0 Å². The first-order valence-corrected chi connectivity index (χ1v) is 8.47. The van der Waals surface area contributed by atoms with Gasteiger partial charge in [0.25, 0.3) is 0 Å². The molecule has 3 rings (SSSR count). The van der Waals surface area contributed by atoms with Crippen LogP contribution in [0.2, 0.25) is 5.02 Å². The maximum Gasteiger partial charge on any atom is 0.161 e. The van der Waals surface area contributed by atoms with Crippen molar-refractivity contribution in [2.75, 3.05) is 20.8 Å². The average Bonchev–Trinajstić information content (AvgIpc) is 3.10. The highest BCUT2D eigenvalue weighted by molar-refractivity contribution is 6.30. The lowest BCUT2D eigenvalue weighted by atomic mass is 10.0. The van der Waals surface area contributed by atoms with E-state index in [0.29, 0.717) is 18.0 Å². The zero-order valence-electron chi connectivity index (χ0n) is 14.3. The molecule has 0 spiro atoms. The fraction of sp³-hybridized carbons (Fsp3) is 0.316. The van der Waals surface area contributed by atoms with Crippen molar-refractivity contribution in [3.8, 4) is 11.5 Å². The van der Waals surface area contributed by atoms with Gasteiger partial charge in [0.1, 0.15) is 6.10 Å². The zero-order valence-corrected chi connectivity index (χ0v) is 15.0. The Balaban J connectivity index is 1.53. The molecule has 0 aliphatic carbocycles. The van der Waals surface area contributed by atoms with E-state index in [1.165, 1.54) is 0 Å². The summed E-state index contributed by atoms with van der Waals surface area (Å²) >= 11 is 5.99. The molecule has 132 valence electrons. The molecule has 1 N–H and O–H groups in total. The Morgan fingerprint density at radius 3 is 2.76 bits per heavy atom. The number of nitrogens with one attached hydrogen (secondary N) is 1. The van der Waals surface area contributed by atoms with E-state index in [9.17, 15) is 0 Å². The van der Waals surface area contributed by atoms with Crippen LogP contribution in [0, 0.1) is 0 Å². The number of halogens is 1. The molecule has 1 atom stereocenters. The Morgan fingerprint density at radius 2 is 2.00 bits per heavy atom. The van der Waals surface area contributed by atoms with Crippen molar-refractivity contribution in [3.63, 3.8) is 0 Å².